The molecule has 0 aromatic carbocycles. The first kappa shape index (κ1) is 46.4. The van der Waals surface area contributed by atoms with Gasteiger partial charge in [-0.05, 0) is 51.0 Å². The smallest absolute Gasteiger partial charge is 0.305 e. The van der Waals surface area contributed by atoms with Gasteiger partial charge < -0.3 is 10.1 Å². The molecule has 0 amide bonds. The van der Waals surface area contributed by atoms with Crippen LogP contribution in [0, 0.1) is 5.92 Å². The molecule has 0 bridgehead atoms. The molecule has 282 valence electrons. The molecule has 0 aromatic heterocycles. The maximum atomic E-state index is 12.6. The minimum atomic E-state index is 0.0473. The molecule has 0 aliphatic heterocycles. The molecular formula is C44H89NO2. The van der Waals surface area contributed by atoms with Crippen LogP contribution >= 0.6 is 0 Å². The van der Waals surface area contributed by atoms with Crippen molar-refractivity contribution in [2.45, 2.75) is 258 Å². The molecule has 0 radical (unpaired) electrons. The Morgan fingerprint density at radius 1 is 0.426 bits per heavy atom. The van der Waals surface area contributed by atoms with E-state index in [1.165, 1.54) is 212 Å². The molecule has 0 fully saturated rings. The SMILES string of the molecule is CCCCCCCCCCNC(CCCCCCCCCC)CCCCCCC(=O)OCC(CCCCCC)CCCCCCCC. The van der Waals surface area contributed by atoms with E-state index in [-0.39, 0.29) is 5.97 Å². The fourth-order valence-electron chi connectivity index (χ4n) is 7.12. The van der Waals surface area contributed by atoms with Gasteiger partial charge in [-0.25, -0.2) is 0 Å². The monoisotopic (exact) mass is 664 g/mol. The van der Waals surface area contributed by atoms with Crippen molar-refractivity contribution in [1.82, 2.24) is 5.32 Å². The number of unbranched alkanes of at least 4 members (excludes halogenated alkanes) is 25. The lowest BCUT2D eigenvalue weighted by Crippen LogP contribution is -2.30. The molecule has 3 nitrogen and oxygen atoms in total. The van der Waals surface area contributed by atoms with Gasteiger partial charge >= 0.3 is 5.97 Å². The third-order valence-corrected chi connectivity index (χ3v) is 10.5. The highest BCUT2D eigenvalue weighted by molar-refractivity contribution is 5.69. The van der Waals surface area contributed by atoms with Crippen LogP contribution in [0.5, 0.6) is 0 Å². The summed E-state index contributed by atoms with van der Waals surface area (Å²) in [6.07, 6.45) is 46.1. The molecule has 0 heterocycles. The van der Waals surface area contributed by atoms with Crippen LogP contribution in [0.25, 0.3) is 0 Å². The summed E-state index contributed by atoms with van der Waals surface area (Å²) in [4.78, 5) is 12.6. The Hall–Kier alpha value is -0.570. The zero-order chi connectivity index (χ0) is 34.3. The summed E-state index contributed by atoms with van der Waals surface area (Å²) in [6.45, 7) is 11.0. The fourth-order valence-corrected chi connectivity index (χ4v) is 7.12. The van der Waals surface area contributed by atoms with Crippen LogP contribution in [0.2, 0.25) is 0 Å². The lowest BCUT2D eigenvalue weighted by molar-refractivity contribution is -0.145. The molecule has 0 rings (SSSR count). The van der Waals surface area contributed by atoms with Crippen LogP contribution in [-0.4, -0.2) is 25.2 Å². The van der Waals surface area contributed by atoms with E-state index in [4.69, 9.17) is 4.74 Å². The zero-order valence-corrected chi connectivity index (χ0v) is 33.1. The first-order valence-corrected chi connectivity index (χ1v) is 22.1. The first-order chi connectivity index (χ1) is 23.2. The average molecular weight is 664 g/mol. The normalized spacial score (nSPS) is 12.9. The number of rotatable bonds is 40. The standard InChI is InChI=1S/C44H89NO2/c1-5-9-13-17-20-22-25-31-37-43(45-40-34-28-23-21-18-14-10-6-2)38-32-26-27-33-39-44(46)47-41-42(35-29-16-12-8-4)36-30-24-19-15-11-7-3/h42-43,45H,5-41H2,1-4H3. The number of nitrogens with one attached hydrogen (secondary N) is 1. The summed E-state index contributed by atoms with van der Waals surface area (Å²) in [5.41, 5.74) is 0. The van der Waals surface area contributed by atoms with Gasteiger partial charge in [0.05, 0.1) is 6.61 Å². The van der Waals surface area contributed by atoms with E-state index in [1.807, 2.05) is 0 Å². The van der Waals surface area contributed by atoms with Crippen LogP contribution < -0.4 is 5.32 Å². The number of esters is 1. The predicted molar refractivity (Wildman–Crippen MR) is 211 cm³/mol. The third-order valence-electron chi connectivity index (χ3n) is 10.5. The Morgan fingerprint density at radius 2 is 0.766 bits per heavy atom. The minimum Gasteiger partial charge on any atom is -0.465 e. The van der Waals surface area contributed by atoms with Crippen molar-refractivity contribution < 1.29 is 9.53 Å². The largest absolute Gasteiger partial charge is 0.465 e. The molecule has 0 aromatic rings. The van der Waals surface area contributed by atoms with Gasteiger partial charge in [-0.2, -0.15) is 0 Å². The lowest BCUT2D eigenvalue weighted by atomic mass is 9.95. The molecule has 0 saturated carbocycles. The van der Waals surface area contributed by atoms with Crippen molar-refractivity contribution in [2.75, 3.05) is 13.2 Å². The molecule has 2 unspecified atom stereocenters. The van der Waals surface area contributed by atoms with Crippen molar-refractivity contribution in [3.63, 3.8) is 0 Å². The van der Waals surface area contributed by atoms with Gasteiger partial charge in [-0.3, -0.25) is 4.79 Å². The van der Waals surface area contributed by atoms with Crippen LogP contribution in [0.4, 0.5) is 0 Å². The van der Waals surface area contributed by atoms with Crippen molar-refractivity contribution in [2.24, 2.45) is 5.92 Å². The van der Waals surface area contributed by atoms with Crippen LogP contribution in [0.1, 0.15) is 252 Å². The highest BCUT2D eigenvalue weighted by Crippen LogP contribution is 2.20. The highest BCUT2D eigenvalue weighted by atomic mass is 16.5. The molecule has 1 N–H and O–H groups in total. The molecule has 0 aliphatic rings. The summed E-state index contributed by atoms with van der Waals surface area (Å²) in [7, 11) is 0. The second-order valence-corrected chi connectivity index (χ2v) is 15.3. The number of carbonyl (C=O) groups is 1. The van der Waals surface area contributed by atoms with Crippen molar-refractivity contribution >= 4 is 5.97 Å². The number of hydrogen-bond donors (Lipinski definition) is 1. The van der Waals surface area contributed by atoms with E-state index < -0.39 is 0 Å². The maximum Gasteiger partial charge on any atom is 0.305 e. The Kier molecular flexibility index (Phi) is 39.4. The van der Waals surface area contributed by atoms with Gasteiger partial charge in [0.1, 0.15) is 0 Å². The topological polar surface area (TPSA) is 38.3 Å². The average Bonchev–Trinajstić information content (AvgIpc) is 3.08. The van der Waals surface area contributed by atoms with Gasteiger partial charge in [0.25, 0.3) is 0 Å². The summed E-state index contributed by atoms with van der Waals surface area (Å²) < 4.78 is 5.84. The van der Waals surface area contributed by atoms with Gasteiger partial charge in [0.2, 0.25) is 0 Å². The Bertz CT molecular complexity index is 593. The van der Waals surface area contributed by atoms with E-state index in [9.17, 15) is 4.79 Å². The number of carbonyl (C=O) groups excluding carboxylic acids is 1. The third kappa shape index (κ3) is 36.5. The van der Waals surface area contributed by atoms with Crippen molar-refractivity contribution in [3.05, 3.63) is 0 Å². The Labute approximate surface area is 297 Å². The van der Waals surface area contributed by atoms with E-state index in [1.54, 1.807) is 0 Å². The quantitative estimate of drug-likeness (QED) is 0.0524. The zero-order valence-electron chi connectivity index (χ0n) is 33.1. The molecule has 0 saturated heterocycles. The van der Waals surface area contributed by atoms with Gasteiger partial charge in [-0.1, -0.05) is 207 Å². The summed E-state index contributed by atoms with van der Waals surface area (Å²) >= 11 is 0. The first-order valence-electron chi connectivity index (χ1n) is 22.1. The summed E-state index contributed by atoms with van der Waals surface area (Å²) in [5.74, 6) is 0.615. The molecular weight excluding hydrogens is 574 g/mol. The van der Waals surface area contributed by atoms with E-state index in [2.05, 4.69) is 33.0 Å². The van der Waals surface area contributed by atoms with Crippen LogP contribution in [0.3, 0.4) is 0 Å². The highest BCUT2D eigenvalue weighted by Gasteiger charge is 2.13. The molecule has 0 spiro atoms. The van der Waals surface area contributed by atoms with Gasteiger partial charge in [0, 0.05) is 12.5 Å². The van der Waals surface area contributed by atoms with E-state index in [0.29, 0.717) is 25.0 Å². The van der Waals surface area contributed by atoms with Gasteiger partial charge in [-0.15, -0.1) is 0 Å². The van der Waals surface area contributed by atoms with Gasteiger partial charge in [0.15, 0.2) is 0 Å². The van der Waals surface area contributed by atoms with E-state index in [0.717, 1.165) is 12.8 Å². The number of ether oxygens (including phenoxy) is 1. The van der Waals surface area contributed by atoms with Crippen LogP contribution in [-0.2, 0) is 9.53 Å². The minimum absolute atomic E-state index is 0.0473. The Morgan fingerprint density at radius 3 is 1.21 bits per heavy atom. The predicted octanol–water partition coefficient (Wildman–Crippen LogP) is 14.8. The summed E-state index contributed by atoms with van der Waals surface area (Å²) in [5, 5.41) is 3.96. The summed E-state index contributed by atoms with van der Waals surface area (Å²) in [6, 6.07) is 0.686. The molecule has 0 aliphatic carbocycles. The molecule has 3 heteroatoms. The van der Waals surface area contributed by atoms with Crippen LogP contribution in [0.15, 0.2) is 0 Å². The second-order valence-electron chi connectivity index (χ2n) is 15.3. The molecule has 2 atom stereocenters. The maximum absolute atomic E-state index is 12.6. The van der Waals surface area contributed by atoms with Crippen molar-refractivity contribution in [1.29, 1.82) is 0 Å². The number of hydrogen-bond acceptors (Lipinski definition) is 3. The van der Waals surface area contributed by atoms with E-state index >= 15 is 0 Å². The molecule has 47 heavy (non-hydrogen) atoms. The fraction of sp³-hybridized carbons (Fsp3) is 0.977. The second kappa shape index (κ2) is 39.9. The lowest BCUT2D eigenvalue weighted by Gasteiger charge is -2.19. The Balaban J connectivity index is 4.25. The van der Waals surface area contributed by atoms with Crippen molar-refractivity contribution in [3.8, 4) is 0 Å².